The van der Waals surface area contributed by atoms with E-state index in [1.54, 1.807) is 0 Å². The van der Waals surface area contributed by atoms with Crippen molar-refractivity contribution in [3.63, 3.8) is 0 Å². The average molecular weight is 330 g/mol. The van der Waals surface area contributed by atoms with Crippen LogP contribution in [-0.2, 0) is 0 Å². The molecule has 0 radical (unpaired) electrons. The van der Waals surface area contributed by atoms with Crippen molar-refractivity contribution in [1.82, 2.24) is 0 Å². The molecule has 0 heterocycles. The van der Waals surface area contributed by atoms with E-state index >= 15 is 0 Å². The van der Waals surface area contributed by atoms with E-state index in [1.807, 2.05) is 0 Å². The van der Waals surface area contributed by atoms with Gasteiger partial charge in [-0.1, -0.05) is 30.3 Å². The van der Waals surface area contributed by atoms with Gasteiger partial charge in [0.05, 0.1) is 7.11 Å². The number of para-hydroxylation sites is 1. The van der Waals surface area contributed by atoms with Crippen LogP contribution in [0.4, 0.5) is 17.6 Å². The van der Waals surface area contributed by atoms with Crippen molar-refractivity contribution < 1.29 is 32.1 Å². The fourth-order valence-corrected chi connectivity index (χ4v) is 1.86. The number of aliphatic hydroxyl groups is 1. The molecule has 0 saturated carbocycles. The molecule has 0 saturated heterocycles. The summed E-state index contributed by atoms with van der Waals surface area (Å²) < 4.78 is 64.5. The first-order chi connectivity index (χ1) is 10.8. The number of alkyl halides is 4. The Morgan fingerprint density at radius 3 is 1.96 bits per heavy atom. The summed E-state index contributed by atoms with van der Waals surface area (Å²) >= 11 is 0. The first kappa shape index (κ1) is 17.1. The van der Waals surface area contributed by atoms with Crippen molar-refractivity contribution in [2.75, 3.05) is 7.11 Å². The second-order valence-corrected chi connectivity index (χ2v) is 4.73. The van der Waals surface area contributed by atoms with Crippen LogP contribution in [0.1, 0.15) is 11.7 Å². The quantitative estimate of drug-likeness (QED) is 0.813. The summed E-state index contributed by atoms with van der Waals surface area (Å²) in [5.74, 6) is -4.92. The van der Waals surface area contributed by atoms with Crippen molar-refractivity contribution >= 4 is 0 Å². The van der Waals surface area contributed by atoms with Crippen molar-refractivity contribution in [2.45, 2.75) is 18.1 Å². The van der Waals surface area contributed by atoms with Crippen LogP contribution in [0.5, 0.6) is 11.5 Å². The van der Waals surface area contributed by atoms with Crippen molar-refractivity contribution in [2.24, 2.45) is 0 Å². The molecule has 1 atom stereocenters. The number of hydrogen-bond acceptors (Lipinski definition) is 3. The summed E-state index contributed by atoms with van der Waals surface area (Å²) in [7, 11) is 1.36. The standard InChI is InChI=1S/C16H14F4O3/c1-22-12-9-7-11(8-10-12)14(21)15(17,18)16(19,20)23-13-5-3-2-4-6-13/h2-10,14,21H,1H3. The van der Waals surface area contributed by atoms with E-state index in [-0.39, 0.29) is 5.56 Å². The zero-order chi connectivity index (χ0) is 17.1. The monoisotopic (exact) mass is 330 g/mol. The van der Waals surface area contributed by atoms with Gasteiger partial charge in [0.15, 0.2) is 6.10 Å². The zero-order valence-corrected chi connectivity index (χ0v) is 12.0. The largest absolute Gasteiger partial charge is 0.497 e. The summed E-state index contributed by atoms with van der Waals surface area (Å²) in [6.07, 6.45) is -7.64. The molecule has 3 nitrogen and oxygen atoms in total. The molecule has 0 bridgehead atoms. The van der Waals surface area contributed by atoms with Crippen LogP contribution in [0, 0.1) is 0 Å². The molecule has 0 aliphatic carbocycles. The van der Waals surface area contributed by atoms with Crippen LogP contribution in [0.3, 0.4) is 0 Å². The maximum absolute atomic E-state index is 14.0. The molecule has 0 spiro atoms. The molecule has 124 valence electrons. The van der Waals surface area contributed by atoms with E-state index in [0.29, 0.717) is 5.75 Å². The number of aliphatic hydroxyl groups excluding tert-OH is 1. The van der Waals surface area contributed by atoms with E-state index in [0.717, 1.165) is 24.3 Å². The highest BCUT2D eigenvalue weighted by Gasteiger charge is 2.64. The molecular weight excluding hydrogens is 316 g/mol. The zero-order valence-electron chi connectivity index (χ0n) is 12.0. The van der Waals surface area contributed by atoms with Gasteiger partial charge in [-0.3, -0.25) is 0 Å². The fraction of sp³-hybridized carbons (Fsp3) is 0.250. The van der Waals surface area contributed by atoms with E-state index in [2.05, 4.69) is 4.74 Å². The minimum atomic E-state index is -4.90. The van der Waals surface area contributed by atoms with Crippen molar-refractivity contribution in [3.05, 3.63) is 60.2 Å². The third kappa shape index (κ3) is 3.56. The molecule has 23 heavy (non-hydrogen) atoms. The Labute approximate surface area is 130 Å². The predicted molar refractivity (Wildman–Crippen MR) is 74.9 cm³/mol. The highest BCUT2D eigenvalue weighted by Crippen LogP contribution is 2.44. The molecule has 1 N–H and O–H groups in total. The van der Waals surface area contributed by atoms with Crippen LogP contribution < -0.4 is 9.47 Å². The molecule has 2 rings (SSSR count). The molecule has 2 aromatic carbocycles. The summed E-state index contributed by atoms with van der Waals surface area (Å²) in [6, 6.07) is 11.2. The highest BCUT2D eigenvalue weighted by atomic mass is 19.3. The lowest BCUT2D eigenvalue weighted by Gasteiger charge is -2.30. The Hall–Kier alpha value is -2.28. The Balaban J connectivity index is 2.23. The second kappa shape index (κ2) is 6.45. The lowest BCUT2D eigenvalue weighted by Crippen LogP contribution is -2.49. The lowest BCUT2D eigenvalue weighted by molar-refractivity contribution is -0.337. The van der Waals surface area contributed by atoms with Gasteiger partial charge in [0.2, 0.25) is 0 Å². The number of methoxy groups -OCH3 is 1. The van der Waals surface area contributed by atoms with E-state index < -0.39 is 23.9 Å². The molecular formula is C16H14F4O3. The average Bonchev–Trinajstić information content (AvgIpc) is 2.54. The molecule has 0 aliphatic heterocycles. The van der Waals surface area contributed by atoms with Crippen LogP contribution in [0.2, 0.25) is 0 Å². The maximum atomic E-state index is 14.0. The summed E-state index contributed by atoms with van der Waals surface area (Å²) in [4.78, 5) is 0. The number of halogens is 4. The van der Waals surface area contributed by atoms with Crippen molar-refractivity contribution in [3.8, 4) is 11.5 Å². The SMILES string of the molecule is COc1ccc(C(O)C(F)(F)C(F)(F)Oc2ccccc2)cc1. The van der Waals surface area contributed by atoms with Crippen LogP contribution in [0.15, 0.2) is 54.6 Å². The Bertz CT molecular complexity index is 630. The van der Waals surface area contributed by atoms with Crippen LogP contribution in [-0.4, -0.2) is 24.2 Å². The molecule has 0 amide bonds. The van der Waals surface area contributed by atoms with Crippen molar-refractivity contribution in [1.29, 1.82) is 0 Å². The predicted octanol–water partition coefficient (Wildman–Crippen LogP) is 4.04. The highest BCUT2D eigenvalue weighted by molar-refractivity contribution is 5.30. The number of hydrogen-bond donors (Lipinski definition) is 1. The van der Waals surface area contributed by atoms with Gasteiger partial charge in [-0.2, -0.15) is 17.6 Å². The van der Waals surface area contributed by atoms with E-state index in [4.69, 9.17) is 4.74 Å². The van der Waals surface area contributed by atoms with Gasteiger partial charge in [-0.25, -0.2) is 0 Å². The Morgan fingerprint density at radius 2 is 1.43 bits per heavy atom. The van der Waals surface area contributed by atoms with Gasteiger partial charge < -0.3 is 14.6 Å². The molecule has 0 aliphatic rings. The Morgan fingerprint density at radius 1 is 0.870 bits per heavy atom. The van der Waals surface area contributed by atoms with Crippen LogP contribution >= 0.6 is 0 Å². The number of benzene rings is 2. The molecule has 0 fully saturated rings. The third-order valence-corrected chi connectivity index (χ3v) is 3.15. The van der Waals surface area contributed by atoms with Gasteiger partial charge in [0, 0.05) is 0 Å². The number of rotatable bonds is 6. The minimum absolute atomic E-state index is 0.344. The van der Waals surface area contributed by atoms with E-state index in [9.17, 15) is 22.7 Å². The van der Waals surface area contributed by atoms with Gasteiger partial charge in [0.25, 0.3) is 0 Å². The molecule has 2 aromatic rings. The minimum Gasteiger partial charge on any atom is -0.497 e. The topological polar surface area (TPSA) is 38.7 Å². The maximum Gasteiger partial charge on any atom is 0.467 e. The van der Waals surface area contributed by atoms with Gasteiger partial charge in [-0.05, 0) is 29.8 Å². The lowest BCUT2D eigenvalue weighted by atomic mass is 10.0. The fourth-order valence-electron chi connectivity index (χ4n) is 1.86. The molecule has 1 unspecified atom stereocenters. The van der Waals surface area contributed by atoms with Gasteiger partial charge in [0.1, 0.15) is 11.5 Å². The third-order valence-electron chi connectivity index (χ3n) is 3.15. The summed E-state index contributed by atoms with van der Waals surface area (Å²) in [5, 5.41) is 9.67. The van der Waals surface area contributed by atoms with Gasteiger partial charge in [-0.15, -0.1) is 0 Å². The number of ether oxygens (including phenoxy) is 2. The molecule has 0 aromatic heterocycles. The van der Waals surface area contributed by atoms with E-state index in [1.165, 1.54) is 37.4 Å². The molecule has 7 heteroatoms. The second-order valence-electron chi connectivity index (χ2n) is 4.73. The normalized spacial score (nSPS) is 13.5. The Kier molecular flexibility index (Phi) is 4.79. The summed E-state index contributed by atoms with van der Waals surface area (Å²) in [6.45, 7) is 0. The first-order valence-electron chi connectivity index (χ1n) is 6.59. The van der Waals surface area contributed by atoms with Gasteiger partial charge >= 0.3 is 12.0 Å². The smallest absolute Gasteiger partial charge is 0.467 e. The first-order valence-corrected chi connectivity index (χ1v) is 6.59. The summed E-state index contributed by atoms with van der Waals surface area (Å²) in [5.41, 5.74) is -0.382. The van der Waals surface area contributed by atoms with Crippen LogP contribution in [0.25, 0.3) is 0 Å².